The molecule has 0 heterocycles. The van der Waals surface area contributed by atoms with Gasteiger partial charge < -0.3 is 5.32 Å². The van der Waals surface area contributed by atoms with Gasteiger partial charge in [-0.25, -0.2) is 14.5 Å². The maximum absolute atomic E-state index is 12.4. The number of nitrogens with one attached hydrogen (secondary N) is 1. The lowest BCUT2D eigenvalue weighted by Gasteiger charge is -2.25. The molecule has 0 bridgehead atoms. The van der Waals surface area contributed by atoms with Crippen molar-refractivity contribution in [2.75, 3.05) is 19.6 Å². The van der Waals surface area contributed by atoms with Crippen molar-refractivity contribution in [2.45, 2.75) is 13.8 Å². The van der Waals surface area contributed by atoms with E-state index in [0.29, 0.717) is 11.4 Å². The lowest BCUT2D eigenvalue weighted by molar-refractivity contribution is -0.123. The van der Waals surface area contributed by atoms with Crippen LogP contribution in [0.1, 0.15) is 19.4 Å². The first-order chi connectivity index (χ1) is 11.5. The molecule has 1 radical (unpaired) electrons. The summed E-state index contributed by atoms with van der Waals surface area (Å²) < 4.78 is 0. The fraction of sp³-hybridized carbons (Fsp3) is 0.294. The van der Waals surface area contributed by atoms with E-state index in [1.807, 2.05) is 6.07 Å². The molecule has 0 atom stereocenters. The van der Waals surface area contributed by atoms with E-state index in [9.17, 15) is 19.2 Å². The first-order valence-electron chi connectivity index (χ1n) is 7.54. The lowest BCUT2D eigenvalue weighted by atomic mass is 10.2. The number of imide groups is 2. The molecule has 0 aromatic heterocycles. The standard InChI is InChI=1S/C17H20N3O4/c1-3-18-16(23)19(4-2)17(24)20(12-13-21)15(22)11-10-14-8-6-5-7-9-14/h5-11H,3-4,12H2,1-2H3,(H,18,23)/b11-10+. The van der Waals surface area contributed by atoms with Gasteiger partial charge in [-0.15, -0.1) is 0 Å². The summed E-state index contributed by atoms with van der Waals surface area (Å²) in [5, 5.41) is 2.48. The van der Waals surface area contributed by atoms with E-state index < -0.39 is 24.5 Å². The van der Waals surface area contributed by atoms with Crippen LogP contribution in [-0.4, -0.2) is 53.7 Å². The van der Waals surface area contributed by atoms with Crippen molar-refractivity contribution in [1.82, 2.24) is 15.1 Å². The number of hydrogen-bond donors (Lipinski definition) is 1. The second-order valence-corrected chi connectivity index (χ2v) is 4.68. The van der Waals surface area contributed by atoms with Crippen LogP contribution in [0, 0.1) is 0 Å². The number of rotatable bonds is 6. The van der Waals surface area contributed by atoms with Gasteiger partial charge in [-0.3, -0.25) is 14.5 Å². The molecule has 7 heteroatoms. The minimum absolute atomic E-state index is 0.0652. The highest BCUT2D eigenvalue weighted by Crippen LogP contribution is 2.05. The van der Waals surface area contributed by atoms with Gasteiger partial charge >= 0.3 is 12.1 Å². The summed E-state index contributed by atoms with van der Waals surface area (Å²) in [7, 11) is 0. The summed E-state index contributed by atoms with van der Waals surface area (Å²) in [4.78, 5) is 48.7. The quantitative estimate of drug-likeness (QED) is 0.806. The van der Waals surface area contributed by atoms with Crippen molar-refractivity contribution in [3.8, 4) is 0 Å². The van der Waals surface area contributed by atoms with Gasteiger partial charge in [-0.05, 0) is 25.5 Å². The average Bonchev–Trinajstić information content (AvgIpc) is 2.59. The minimum atomic E-state index is -0.866. The van der Waals surface area contributed by atoms with E-state index in [-0.39, 0.29) is 6.54 Å². The lowest BCUT2D eigenvalue weighted by Crippen LogP contribution is -2.51. The number of amides is 5. The Morgan fingerprint density at radius 2 is 1.79 bits per heavy atom. The maximum Gasteiger partial charge on any atom is 0.335 e. The van der Waals surface area contributed by atoms with E-state index in [1.54, 1.807) is 38.1 Å². The van der Waals surface area contributed by atoms with Gasteiger partial charge in [-0.1, -0.05) is 30.3 Å². The second kappa shape index (κ2) is 9.94. The summed E-state index contributed by atoms with van der Waals surface area (Å²) in [6.45, 7) is 3.16. The second-order valence-electron chi connectivity index (χ2n) is 4.68. The first kappa shape index (κ1) is 19.1. The van der Waals surface area contributed by atoms with Crippen molar-refractivity contribution < 1.29 is 19.2 Å². The topological polar surface area (TPSA) is 86.8 Å². The minimum Gasteiger partial charge on any atom is -0.338 e. The predicted molar refractivity (Wildman–Crippen MR) is 89.7 cm³/mol. The van der Waals surface area contributed by atoms with Crippen molar-refractivity contribution >= 4 is 30.3 Å². The van der Waals surface area contributed by atoms with E-state index in [2.05, 4.69) is 5.32 Å². The summed E-state index contributed by atoms with van der Waals surface area (Å²) in [5.41, 5.74) is 0.768. The first-order valence-corrected chi connectivity index (χ1v) is 7.54. The number of nitrogens with zero attached hydrogens (tertiary/aromatic N) is 2. The third-order valence-electron chi connectivity index (χ3n) is 3.06. The summed E-state index contributed by atoms with van der Waals surface area (Å²) in [6.07, 6.45) is 4.22. The highest BCUT2D eigenvalue weighted by atomic mass is 16.2. The molecular formula is C17H20N3O4. The normalized spacial score (nSPS) is 10.2. The number of carbonyl (C=O) groups excluding carboxylic acids is 4. The Kier molecular flexibility index (Phi) is 7.90. The number of benzene rings is 1. The smallest absolute Gasteiger partial charge is 0.335 e. The van der Waals surface area contributed by atoms with Crippen molar-refractivity contribution in [3.05, 3.63) is 42.0 Å². The third-order valence-corrected chi connectivity index (χ3v) is 3.06. The highest BCUT2D eigenvalue weighted by molar-refractivity contribution is 6.07. The summed E-state index contributed by atoms with van der Waals surface area (Å²) in [6, 6.07) is 7.53. The van der Waals surface area contributed by atoms with Gasteiger partial charge in [0.2, 0.25) is 6.29 Å². The summed E-state index contributed by atoms with van der Waals surface area (Å²) in [5.74, 6) is -0.699. The van der Waals surface area contributed by atoms with Crippen LogP contribution in [-0.2, 0) is 9.59 Å². The Bertz CT molecular complexity index is 614. The van der Waals surface area contributed by atoms with Crippen molar-refractivity contribution in [2.24, 2.45) is 0 Å². The van der Waals surface area contributed by atoms with Crippen LogP contribution in [0.15, 0.2) is 36.4 Å². The van der Waals surface area contributed by atoms with E-state index in [1.165, 1.54) is 18.4 Å². The van der Waals surface area contributed by atoms with Crippen LogP contribution in [0.2, 0.25) is 0 Å². The van der Waals surface area contributed by atoms with Crippen LogP contribution in [0.5, 0.6) is 0 Å². The van der Waals surface area contributed by atoms with Crippen LogP contribution in [0.4, 0.5) is 9.59 Å². The number of urea groups is 2. The summed E-state index contributed by atoms with van der Waals surface area (Å²) >= 11 is 0. The predicted octanol–water partition coefficient (Wildman–Crippen LogP) is 1.81. The van der Waals surface area contributed by atoms with E-state index >= 15 is 0 Å². The van der Waals surface area contributed by atoms with Crippen molar-refractivity contribution in [3.63, 3.8) is 0 Å². The van der Waals surface area contributed by atoms with Gasteiger partial charge in [0.25, 0.3) is 5.91 Å². The maximum atomic E-state index is 12.4. The zero-order valence-electron chi connectivity index (χ0n) is 13.7. The van der Waals surface area contributed by atoms with Gasteiger partial charge in [-0.2, -0.15) is 0 Å². The Balaban J connectivity index is 2.93. The molecule has 5 amide bonds. The van der Waals surface area contributed by atoms with E-state index in [4.69, 9.17) is 0 Å². The molecule has 7 nitrogen and oxygen atoms in total. The highest BCUT2D eigenvalue weighted by Gasteiger charge is 2.28. The fourth-order valence-corrected chi connectivity index (χ4v) is 1.88. The molecule has 0 saturated carbocycles. The zero-order valence-corrected chi connectivity index (χ0v) is 13.7. The molecule has 1 aromatic carbocycles. The van der Waals surface area contributed by atoms with Gasteiger partial charge in [0.1, 0.15) is 0 Å². The van der Waals surface area contributed by atoms with Gasteiger partial charge in [0.05, 0.1) is 6.54 Å². The number of hydrogen-bond acceptors (Lipinski definition) is 4. The molecule has 0 aliphatic carbocycles. The molecule has 0 unspecified atom stereocenters. The van der Waals surface area contributed by atoms with Gasteiger partial charge in [0, 0.05) is 19.2 Å². The van der Waals surface area contributed by atoms with E-state index in [0.717, 1.165) is 10.5 Å². The Hall–Kier alpha value is -2.96. The molecule has 0 aliphatic rings. The average molecular weight is 330 g/mol. The largest absolute Gasteiger partial charge is 0.338 e. The molecule has 1 rings (SSSR count). The Morgan fingerprint density at radius 1 is 1.12 bits per heavy atom. The molecular weight excluding hydrogens is 310 g/mol. The molecule has 127 valence electrons. The Morgan fingerprint density at radius 3 is 2.33 bits per heavy atom. The molecule has 0 aliphatic heterocycles. The molecule has 1 N–H and O–H groups in total. The molecule has 1 aromatic rings. The SMILES string of the molecule is CCNC(=O)N(CC)C(=O)N(C[C]=O)C(=O)/C=C/c1ccccc1. The molecule has 0 fully saturated rings. The number of carbonyl (C=O) groups is 3. The van der Waals surface area contributed by atoms with Gasteiger partial charge in [0.15, 0.2) is 0 Å². The van der Waals surface area contributed by atoms with Crippen LogP contribution in [0.3, 0.4) is 0 Å². The molecule has 0 saturated heterocycles. The zero-order chi connectivity index (χ0) is 17.9. The fourth-order valence-electron chi connectivity index (χ4n) is 1.88. The molecule has 0 spiro atoms. The molecule has 24 heavy (non-hydrogen) atoms. The Labute approximate surface area is 140 Å². The van der Waals surface area contributed by atoms with Crippen LogP contribution < -0.4 is 5.32 Å². The van der Waals surface area contributed by atoms with Crippen LogP contribution >= 0.6 is 0 Å². The van der Waals surface area contributed by atoms with Crippen molar-refractivity contribution in [1.29, 1.82) is 0 Å². The monoisotopic (exact) mass is 330 g/mol. The third kappa shape index (κ3) is 5.35. The van der Waals surface area contributed by atoms with Crippen LogP contribution in [0.25, 0.3) is 6.08 Å².